The summed E-state index contributed by atoms with van der Waals surface area (Å²) in [5.41, 5.74) is 0. The molecule has 0 aromatic carbocycles. The Morgan fingerprint density at radius 3 is 1.47 bits per heavy atom. The molecule has 17 heavy (non-hydrogen) atoms. The summed E-state index contributed by atoms with van der Waals surface area (Å²) in [6, 6.07) is 0. The first-order valence-corrected chi connectivity index (χ1v) is 16.1. The summed E-state index contributed by atoms with van der Waals surface area (Å²) in [4.78, 5) is 0. The molecule has 0 N–H and O–H groups in total. The van der Waals surface area contributed by atoms with Gasteiger partial charge in [0.25, 0.3) is 0 Å². The summed E-state index contributed by atoms with van der Waals surface area (Å²) < 4.78 is 6.33. The minimum atomic E-state index is -2.03. The first-order valence-electron chi connectivity index (χ1n) is 7.40. The molecule has 2 heteroatoms. The Balaban J connectivity index is 4.70. The Morgan fingerprint density at radius 1 is 0.882 bits per heavy atom. The van der Waals surface area contributed by atoms with E-state index in [2.05, 4.69) is 33.6 Å². The molecule has 0 spiro atoms. The number of unbranched alkanes of at least 4 members (excludes halogenated alkanes) is 3. The molecule has 0 aliphatic rings. The van der Waals surface area contributed by atoms with Gasteiger partial charge in [-0.15, -0.1) is 0 Å². The van der Waals surface area contributed by atoms with Gasteiger partial charge in [0.15, 0.2) is 0 Å². The SMILES string of the molecule is C=[C](SC)[Sn]([CH2]CCC)([CH2]CCC)[CH2]CCC. The monoisotopic (exact) mass is 364 g/mol. The minimum absolute atomic E-state index is 1.36. The topological polar surface area (TPSA) is 0 Å². The van der Waals surface area contributed by atoms with Crippen molar-refractivity contribution in [3.8, 4) is 0 Å². The molecular weight excluding hydrogens is 331 g/mol. The van der Waals surface area contributed by atoms with E-state index in [1.54, 1.807) is 16.2 Å². The van der Waals surface area contributed by atoms with Crippen LogP contribution in [0, 0.1) is 0 Å². The van der Waals surface area contributed by atoms with Crippen LogP contribution in [0.2, 0.25) is 13.3 Å². The third-order valence-corrected chi connectivity index (χ3v) is 23.6. The molecule has 0 amide bonds. The number of rotatable bonds is 11. The molecule has 0 fully saturated rings. The van der Waals surface area contributed by atoms with Gasteiger partial charge >= 0.3 is 119 Å². The summed E-state index contributed by atoms with van der Waals surface area (Å²) in [7, 11) is 0. The molecule has 0 aliphatic carbocycles. The molecule has 0 heterocycles. The van der Waals surface area contributed by atoms with Gasteiger partial charge in [0, 0.05) is 0 Å². The third-order valence-electron chi connectivity index (χ3n) is 3.86. The number of hydrogen-bond acceptors (Lipinski definition) is 1. The predicted molar refractivity (Wildman–Crippen MR) is 87.6 cm³/mol. The average molecular weight is 363 g/mol. The maximum atomic E-state index is 4.46. The molecule has 0 rings (SSSR count). The Labute approximate surface area is 118 Å². The molecule has 0 saturated carbocycles. The van der Waals surface area contributed by atoms with Crippen molar-refractivity contribution < 1.29 is 0 Å². The third kappa shape index (κ3) is 6.56. The normalized spacial score (nSPS) is 11.8. The van der Waals surface area contributed by atoms with Gasteiger partial charge in [-0.05, 0) is 0 Å². The van der Waals surface area contributed by atoms with Gasteiger partial charge in [0.05, 0.1) is 0 Å². The Hall–Kier alpha value is 0.889. The summed E-state index contributed by atoms with van der Waals surface area (Å²) in [5, 5.41) is 0. The zero-order chi connectivity index (χ0) is 13.1. The van der Waals surface area contributed by atoms with Gasteiger partial charge in [-0.25, -0.2) is 0 Å². The summed E-state index contributed by atoms with van der Waals surface area (Å²) >= 11 is -0.0436. The molecule has 0 unspecified atom stereocenters. The number of hydrogen-bond donors (Lipinski definition) is 0. The summed E-state index contributed by atoms with van der Waals surface area (Å²) in [6.45, 7) is 11.5. The molecule has 0 aromatic rings. The first-order chi connectivity index (χ1) is 8.16. The fourth-order valence-corrected chi connectivity index (χ4v) is 22.1. The molecule has 0 aliphatic heterocycles. The second-order valence-corrected chi connectivity index (χ2v) is 20.5. The Kier molecular flexibility index (Phi) is 11.3. The molecule has 0 bridgehead atoms. The van der Waals surface area contributed by atoms with Crippen molar-refractivity contribution in [1.82, 2.24) is 0 Å². The second-order valence-electron chi connectivity index (χ2n) is 5.22. The van der Waals surface area contributed by atoms with Crippen LogP contribution in [-0.4, -0.2) is 24.6 Å². The molecule has 102 valence electrons. The predicted octanol–water partition coefficient (Wildman–Crippen LogP) is 6.25. The van der Waals surface area contributed by atoms with Gasteiger partial charge in [-0.1, -0.05) is 0 Å². The maximum absolute atomic E-state index is 4.46. The van der Waals surface area contributed by atoms with Crippen LogP contribution >= 0.6 is 11.8 Å². The van der Waals surface area contributed by atoms with Crippen molar-refractivity contribution in [1.29, 1.82) is 0 Å². The second kappa shape index (κ2) is 10.8. The van der Waals surface area contributed by atoms with Crippen molar-refractivity contribution in [2.75, 3.05) is 6.26 Å². The summed E-state index contributed by atoms with van der Waals surface area (Å²) in [5.74, 6) is 0. The van der Waals surface area contributed by atoms with Crippen molar-refractivity contribution in [3.63, 3.8) is 0 Å². The Morgan fingerprint density at radius 2 is 1.24 bits per heavy atom. The van der Waals surface area contributed by atoms with Crippen LogP contribution in [0.25, 0.3) is 0 Å². The van der Waals surface area contributed by atoms with E-state index < -0.39 is 18.4 Å². The standard InChI is InChI=1S/3C4H9.C3H5S.Sn/c4*1-3-4-2;/h3*1,3-4H2,2H3;1H2,2H3;. The van der Waals surface area contributed by atoms with Crippen molar-refractivity contribution in [2.24, 2.45) is 0 Å². The Bertz CT molecular complexity index is 179. The van der Waals surface area contributed by atoms with Gasteiger partial charge in [-0.3, -0.25) is 0 Å². The zero-order valence-electron chi connectivity index (χ0n) is 12.5. The van der Waals surface area contributed by atoms with E-state index >= 15 is 0 Å². The van der Waals surface area contributed by atoms with Crippen molar-refractivity contribution in [3.05, 3.63) is 9.50 Å². The zero-order valence-corrected chi connectivity index (χ0v) is 16.1. The molecular formula is C15H32SSn. The fourth-order valence-electron chi connectivity index (χ4n) is 2.56. The average Bonchev–Trinajstić information content (AvgIpc) is 2.37. The van der Waals surface area contributed by atoms with Crippen molar-refractivity contribution >= 4 is 30.1 Å². The molecule has 0 radical (unpaired) electrons. The molecule has 0 aromatic heterocycles. The van der Waals surface area contributed by atoms with E-state index in [1.807, 2.05) is 11.8 Å². The van der Waals surface area contributed by atoms with Gasteiger partial charge < -0.3 is 0 Å². The first kappa shape index (κ1) is 17.9. The van der Waals surface area contributed by atoms with Crippen LogP contribution < -0.4 is 0 Å². The van der Waals surface area contributed by atoms with Crippen LogP contribution in [0.1, 0.15) is 59.3 Å². The van der Waals surface area contributed by atoms with Crippen LogP contribution in [0.4, 0.5) is 0 Å². The van der Waals surface area contributed by atoms with E-state index in [0.29, 0.717) is 0 Å². The molecule has 0 saturated heterocycles. The molecule has 0 nitrogen and oxygen atoms in total. The van der Waals surface area contributed by atoms with Gasteiger partial charge in [-0.2, -0.15) is 0 Å². The van der Waals surface area contributed by atoms with E-state index in [-0.39, 0.29) is 0 Å². The number of thioether (sulfide) groups is 1. The van der Waals surface area contributed by atoms with Gasteiger partial charge in [0.1, 0.15) is 0 Å². The van der Waals surface area contributed by atoms with Gasteiger partial charge in [0.2, 0.25) is 0 Å². The van der Waals surface area contributed by atoms with Crippen LogP contribution in [0.5, 0.6) is 0 Å². The van der Waals surface area contributed by atoms with Crippen LogP contribution in [-0.2, 0) is 0 Å². The van der Waals surface area contributed by atoms with E-state index in [0.717, 1.165) is 0 Å². The summed E-state index contributed by atoms with van der Waals surface area (Å²) in [6.07, 6.45) is 10.7. The van der Waals surface area contributed by atoms with Crippen molar-refractivity contribution in [2.45, 2.75) is 72.6 Å². The van der Waals surface area contributed by atoms with Crippen LogP contribution in [0.3, 0.4) is 0 Å². The molecule has 0 atom stereocenters. The quantitative estimate of drug-likeness (QED) is 0.391. The van der Waals surface area contributed by atoms with E-state index in [9.17, 15) is 0 Å². The van der Waals surface area contributed by atoms with E-state index in [4.69, 9.17) is 0 Å². The van der Waals surface area contributed by atoms with Crippen LogP contribution in [0.15, 0.2) is 9.50 Å². The fraction of sp³-hybridized carbons (Fsp3) is 0.867. The van der Waals surface area contributed by atoms with E-state index in [1.165, 1.54) is 38.5 Å².